The molecular formula is C17H25N3O2S. The molecule has 0 saturated heterocycles. The summed E-state index contributed by atoms with van der Waals surface area (Å²) < 4.78 is 0. The number of hydrogen-bond donors (Lipinski definition) is 3. The van der Waals surface area contributed by atoms with Gasteiger partial charge in [0.2, 0.25) is 0 Å². The molecule has 6 heteroatoms. The van der Waals surface area contributed by atoms with Gasteiger partial charge in [-0.1, -0.05) is 25.5 Å². The van der Waals surface area contributed by atoms with Crippen LogP contribution in [0.2, 0.25) is 0 Å². The minimum atomic E-state index is -0.552. The van der Waals surface area contributed by atoms with E-state index in [-0.39, 0.29) is 11.9 Å². The molecule has 2 atom stereocenters. The number of carbonyl (C=O) groups is 2. The summed E-state index contributed by atoms with van der Waals surface area (Å²) in [4.78, 5) is 23.0. The number of amides is 3. The molecule has 1 aliphatic carbocycles. The van der Waals surface area contributed by atoms with Crippen molar-refractivity contribution in [2.45, 2.75) is 50.4 Å². The molecule has 126 valence electrons. The normalized spacial score (nSPS) is 20.7. The summed E-state index contributed by atoms with van der Waals surface area (Å²) in [7, 11) is 0. The van der Waals surface area contributed by atoms with E-state index in [2.05, 4.69) is 17.6 Å². The Morgan fingerprint density at radius 3 is 2.65 bits per heavy atom. The Morgan fingerprint density at radius 2 is 2.00 bits per heavy atom. The van der Waals surface area contributed by atoms with E-state index >= 15 is 0 Å². The second-order valence-corrected chi connectivity index (χ2v) is 7.41. The van der Waals surface area contributed by atoms with Gasteiger partial charge in [0.15, 0.2) is 0 Å². The number of urea groups is 1. The molecule has 2 unspecified atom stereocenters. The summed E-state index contributed by atoms with van der Waals surface area (Å²) in [5, 5.41) is 6.35. The number of nitrogens with two attached hydrogens (primary N) is 1. The van der Waals surface area contributed by atoms with Crippen molar-refractivity contribution in [2.75, 3.05) is 5.75 Å². The first-order valence-electron chi connectivity index (χ1n) is 8.13. The molecule has 4 N–H and O–H groups in total. The van der Waals surface area contributed by atoms with E-state index in [4.69, 9.17) is 5.73 Å². The maximum atomic E-state index is 12.3. The van der Waals surface area contributed by atoms with Crippen LogP contribution in [0.15, 0.2) is 24.3 Å². The lowest BCUT2D eigenvalue weighted by Crippen LogP contribution is -2.39. The van der Waals surface area contributed by atoms with Crippen LogP contribution in [0, 0.1) is 0 Å². The topological polar surface area (TPSA) is 84.2 Å². The Labute approximate surface area is 141 Å². The van der Waals surface area contributed by atoms with Gasteiger partial charge in [0, 0.05) is 23.4 Å². The van der Waals surface area contributed by atoms with Gasteiger partial charge >= 0.3 is 6.03 Å². The van der Waals surface area contributed by atoms with Crippen LogP contribution in [0.4, 0.5) is 4.79 Å². The highest BCUT2D eigenvalue weighted by atomic mass is 32.2. The van der Waals surface area contributed by atoms with Crippen LogP contribution in [0.25, 0.3) is 0 Å². The van der Waals surface area contributed by atoms with E-state index in [1.807, 2.05) is 23.9 Å². The molecule has 5 nitrogen and oxygen atoms in total. The number of primary amides is 1. The Balaban J connectivity index is 1.86. The third-order valence-electron chi connectivity index (χ3n) is 4.05. The van der Waals surface area contributed by atoms with E-state index in [0.717, 1.165) is 24.2 Å². The molecule has 1 fully saturated rings. The molecule has 0 heterocycles. The molecule has 1 aromatic rings. The highest BCUT2D eigenvalue weighted by Crippen LogP contribution is 2.28. The van der Waals surface area contributed by atoms with Gasteiger partial charge in [0.25, 0.3) is 5.91 Å². The monoisotopic (exact) mass is 335 g/mol. The van der Waals surface area contributed by atoms with Gasteiger partial charge in [-0.25, -0.2) is 4.79 Å². The molecule has 23 heavy (non-hydrogen) atoms. The summed E-state index contributed by atoms with van der Waals surface area (Å²) in [6.07, 6.45) is 4.56. The first-order chi connectivity index (χ1) is 11.1. The summed E-state index contributed by atoms with van der Waals surface area (Å²) in [6.45, 7) is 2.55. The molecule has 1 aromatic carbocycles. The third kappa shape index (κ3) is 5.78. The van der Waals surface area contributed by atoms with Gasteiger partial charge in [-0.15, -0.1) is 0 Å². The largest absolute Gasteiger partial charge is 0.352 e. The van der Waals surface area contributed by atoms with Gasteiger partial charge in [0.1, 0.15) is 0 Å². The zero-order valence-corrected chi connectivity index (χ0v) is 14.3. The lowest BCUT2D eigenvalue weighted by molar-refractivity contribution is 0.0928. The highest BCUT2D eigenvalue weighted by molar-refractivity contribution is 7.99. The van der Waals surface area contributed by atoms with E-state index in [0.29, 0.717) is 17.4 Å². The predicted octanol–water partition coefficient (Wildman–Crippen LogP) is 2.65. The number of carbonyl (C=O) groups excluding carboxylic acids is 2. The number of thioether (sulfide) groups is 1. The van der Waals surface area contributed by atoms with E-state index < -0.39 is 6.03 Å². The highest BCUT2D eigenvalue weighted by Gasteiger charge is 2.23. The summed E-state index contributed by atoms with van der Waals surface area (Å²) in [5.41, 5.74) is 6.60. The predicted molar refractivity (Wildman–Crippen MR) is 94.5 cm³/mol. The van der Waals surface area contributed by atoms with Crippen LogP contribution < -0.4 is 16.4 Å². The van der Waals surface area contributed by atoms with Gasteiger partial charge < -0.3 is 16.4 Å². The molecule has 0 radical (unpaired) electrons. The minimum Gasteiger partial charge on any atom is -0.352 e. The third-order valence-corrected chi connectivity index (χ3v) is 5.28. The van der Waals surface area contributed by atoms with E-state index in [1.165, 1.54) is 12.8 Å². The fraction of sp³-hybridized carbons (Fsp3) is 0.529. The van der Waals surface area contributed by atoms with Crippen molar-refractivity contribution in [3.05, 3.63) is 35.4 Å². The minimum absolute atomic E-state index is 0.0217. The van der Waals surface area contributed by atoms with Gasteiger partial charge in [0.05, 0.1) is 0 Å². The lowest BCUT2D eigenvalue weighted by Gasteiger charge is -2.29. The average Bonchev–Trinajstić information content (AvgIpc) is 2.54. The van der Waals surface area contributed by atoms with Crippen LogP contribution in [0.5, 0.6) is 0 Å². The fourth-order valence-corrected chi connectivity index (χ4v) is 4.07. The molecule has 0 aromatic heterocycles. The molecule has 0 spiro atoms. The van der Waals surface area contributed by atoms with Gasteiger partial charge in [-0.3, -0.25) is 4.79 Å². The molecule has 0 aliphatic heterocycles. The number of hydrogen-bond acceptors (Lipinski definition) is 3. The van der Waals surface area contributed by atoms with Crippen LogP contribution >= 0.6 is 11.8 Å². The van der Waals surface area contributed by atoms with Gasteiger partial charge in [-0.2, -0.15) is 11.8 Å². The fourth-order valence-electron chi connectivity index (χ4n) is 2.90. The van der Waals surface area contributed by atoms with Crippen LogP contribution in [0.3, 0.4) is 0 Å². The van der Waals surface area contributed by atoms with Crippen LogP contribution in [-0.2, 0) is 6.54 Å². The van der Waals surface area contributed by atoms with Crippen molar-refractivity contribution in [1.82, 2.24) is 10.6 Å². The molecular weight excluding hydrogens is 310 g/mol. The van der Waals surface area contributed by atoms with Crippen molar-refractivity contribution in [3.8, 4) is 0 Å². The first-order valence-corrected chi connectivity index (χ1v) is 9.18. The zero-order chi connectivity index (χ0) is 16.7. The van der Waals surface area contributed by atoms with Crippen molar-refractivity contribution in [3.63, 3.8) is 0 Å². The summed E-state index contributed by atoms with van der Waals surface area (Å²) in [6, 6.07) is 6.96. The number of nitrogens with one attached hydrogen (secondary N) is 2. The van der Waals surface area contributed by atoms with Crippen molar-refractivity contribution in [1.29, 1.82) is 0 Å². The Kier molecular flexibility index (Phi) is 6.77. The van der Waals surface area contributed by atoms with Gasteiger partial charge in [-0.05, 0) is 42.7 Å². The van der Waals surface area contributed by atoms with E-state index in [1.54, 1.807) is 12.1 Å². The average molecular weight is 335 g/mol. The van der Waals surface area contributed by atoms with E-state index in [9.17, 15) is 9.59 Å². The smallest absolute Gasteiger partial charge is 0.312 e. The number of rotatable bonds is 6. The SMILES string of the molecule is CCSC1CCCC(NC(=O)c2ccc(CNC(N)=O)cc2)C1. The maximum Gasteiger partial charge on any atom is 0.312 e. The number of benzene rings is 1. The Hall–Kier alpha value is -1.69. The molecule has 2 rings (SSSR count). The molecule has 1 aliphatic rings. The van der Waals surface area contributed by atoms with Crippen LogP contribution in [0.1, 0.15) is 48.5 Å². The maximum absolute atomic E-state index is 12.3. The molecule has 1 saturated carbocycles. The van der Waals surface area contributed by atoms with Crippen molar-refractivity contribution < 1.29 is 9.59 Å². The Bertz CT molecular complexity index is 531. The molecule has 0 bridgehead atoms. The summed E-state index contributed by atoms with van der Waals surface area (Å²) >= 11 is 1.99. The first kappa shape index (κ1) is 17.7. The Morgan fingerprint density at radius 1 is 1.26 bits per heavy atom. The standard InChI is InChI=1S/C17H25N3O2S/c1-2-23-15-5-3-4-14(10-15)20-16(21)13-8-6-12(7-9-13)11-19-17(18)22/h6-9,14-15H,2-5,10-11H2,1H3,(H,20,21)(H3,18,19,22). The second kappa shape index (κ2) is 8.82. The molecule has 3 amide bonds. The van der Waals surface area contributed by atoms with Crippen molar-refractivity contribution in [2.24, 2.45) is 5.73 Å². The summed E-state index contributed by atoms with van der Waals surface area (Å²) in [5.74, 6) is 1.11. The van der Waals surface area contributed by atoms with Crippen LogP contribution in [-0.4, -0.2) is 29.0 Å². The second-order valence-electron chi connectivity index (χ2n) is 5.83. The van der Waals surface area contributed by atoms with Crippen molar-refractivity contribution >= 4 is 23.7 Å². The zero-order valence-electron chi connectivity index (χ0n) is 13.5. The quantitative estimate of drug-likeness (QED) is 0.747. The lowest BCUT2D eigenvalue weighted by atomic mass is 9.94.